The number of aryl methyl sites for hydroxylation is 1. The molecule has 1 aromatic carbocycles. The maximum absolute atomic E-state index is 13.1. The fourth-order valence-corrected chi connectivity index (χ4v) is 1.82. The van der Waals surface area contributed by atoms with E-state index in [2.05, 4.69) is 5.32 Å². The highest BCUT2D eigenvalue weighted by Gasteiger charge is 2.29. The molecule has 0 aromatic heterocycles. The summed E-state index contributed by atoms with van der Waals surface area (Å²) in [6, 6.07) is 4.52. The Labute approximate surface area is 111 Å². The molecule has 19 heavy (non-hydrogen) atoms. The van der Waals surface area contributed by atoms with Crippen LogP contribution < -0.4 is 5.32 Å². The summed E-state index contributed by atoms with van der Waals surface area (Å²) in [5.74, 6) is -3.32. The Hall–Kier alpha value is -1.91. The van der Waals surface area contributed by atoms with Crippen LogP contribution >= 0.6 is 0 Å². The average molecular weight is 267 g/mol. The van der Waals surface area contributed by atoms with E-state index in [1.54, 1.807) is 32.9 Å². The molecule has 1 rings (SSSR count). The van der Waals surface area contributed by atoms with Gasteiger partial charge in [-0.05, 0) is 30.0 Å². The Kier molecular flexibility index (Phi) is 5.03. The van der Waals surface area contributed by atoms with Crippen molar-refractivity contribution in [2.75, 3.05) is 0 Å². The molecule has 0 radical (unpaired) electrons. The van der Waals surface area contributed by atoms with Gasteiger partial charge in [0.05, 0.1) is 0 Å². The molecular formula is C14H18FNO3. The van der Waals surface area contributed by atoms with Crippen molar-refractivity contribution in [3.05, 3.63) is 35.1 Å². The van der Waals surface area contributed by atoms with E-state index in [9.17, 15) is 14.0 Å². The molecule has 1 amide bonds. The van der Waals surface area contributed by atoms with E-state index in [-0.39, 0.29) is 18.3 Å². The van der Waals surface area contributed by atoms with Crippen LogP contribution in [-0.2, 0) is 16.1 Å². The lowest BCUT2D eigenvalue weighted by Crippen LogP contribution is -2.38. The SMILES string of the molecule is Cc1cc(CNC(=O)C(C(=O)O)C(C)C)ccc1F. The van der Waals surface area contributed by atoms with Crippen LogP contribution in [0.5, 0.6) is 0 Å². The molecule has 0 fully saturated rings. The first-order chi connectivity index (χ1) is 8.82. The second kappa shape index (κ2) is 6.31. The van der Waals surface area contributed by atoms with Crippen LogP contribution in [0.2, 0.25) is 0 Å². The third-order valence-corrected chi connectivity index (χ3v) is 2.90. The Morgan fingerprint density at radius 2 is 2.00 bits per heavy atom. The zero-order valence-corrected chi connectivity index (χ0v) is 11.2. The van der Waals surface area contributed by atoms with Crippen LogP contribution in [0.4, 0.5) is 4.39 Å². The molecule has 1 aromatic rings. The number of carboxylic acid groups (broad SMARTS) is 1. The zero-order valence-electron chi connectivity index (χ0n) is 11.2. The summed E-state index contributed by atoms with van der Waals surface area (Å²) in [6.45, 7) is 5.19. The number of aliphatic carboxylic acids is 1. The van der Waals surface area contributed by atoms with Crippen LogP contribution in [0.15, 0.2) is 18.2 Å². The number of hydrogen-bond acceptors (Lipinski definition) is 2. The van der Waals surface area contributed by atoms with E-state index in [0.717, 1.165) is 5.56 Å². The van der Waals surface area contributed by atoms with Crippen LogP contribution in [-0.4, -0.2) is 17.0 Å². The number of carbonyl (C=O) groups is 2. The number of benzene rings is 1. The fraction of sp³-hybridized carbons (Fsp3) is 0.429. The van der Waals surface area contributed by atoms with E-state index in [1.165, 1.54) is 6.07 Å². The van der Waals surface area contributed by atoms with Gasteiger partial charge in [0.15, 0.2) is 0 Å². The van der Waals surface area contributed by atoms with Gasteiger partial charge in [-0.25, -0.2) is 4.39 Å². The largest absolute Gasteiger partial charge is 0.481 e. The van der Waals surface area contributed by atoms with Crippen LogP contribution in [0.3, 0.4) is 0 Å². The summed E-state index contributed by atoms with van der Waals surface area (Å²) >= 11 is 0. The van der Waals surface area contributed by atoms with Crippen molar-refractivity contribution in [2.45, 2.75) is 27.3 Å². The van der Waals surface area contributed by atoms with Gasteiger partial charge in [0.2, 0.25) is 5.91 Å². The number of amides is 1. The van der Waals surface area contributed by atoms with Crippen molar-refractivity contribution in [2.24, 2.45) is 11.8 Å². The summed E-state index contributed by atoms with van der Waals surface area (Å²) < 4.78 is 13.1. The van der Waals surface area contributed by atoms with Crippen molar-refractivity contribution < 1.29 is 19.1 Å². The minimum atomic E-state index is -1.14. The van der Waals surface area contributed by atoms with Gasteiger partial charge in [-0.15, -0.1) is 0 Å². The van der Waals surface area contributed by atoms with Crippen molar-refractivity contribution in [3.8, 4) is 0 Å². The van der Waals surface area contributed by atoms with Gasteiger partial charge in [-0.3, -0.25) is 9.59 Å². The van der Waals surface area contributed by atoms with E-state index in [0.29, 0.717) is 5.56 Å². The van der Waals surface area contributed by atoms with Gasteiger partial charge in [0.1, 0.15) is 11.7 Å². The number of rotatable bonds is 5. The van der Waals surface area contributed by atoms with Gasteiger partial charge in [-0.2, -0.15) is 0 Å². The highest BCUT2D eigenvalue weighted by atomic mass is 19.1. The second-order valence-corrected chi connectivity index (χ2v) is 4.86. The van der Waals surface area contributed by atoms with Crippen molar-refractivity contribution >= 4 is 11.9 Å². The Morgan fingerprint density at radius 1 is 1.37 bits per heavy atom. The summed E-state index contributed by atoms with van der Waals surface area (Å²) in [5.41, 5.74) is 1.23. The van der Waals surface area contributed by atoms with Gasteiger partial charge >= 0.3 is 5.97 Å². The molecule has 1 atom stereocenters. The first-order valence-corrected chi connectivity index (χ1v) is 6.08. The van der Waals surface area contributed by atoms with Crippen LogP contribution in [0.25, 0.3) is 0 Å². The number of nitrogens with one attached hydrogen (secondary N) is 1. The van der Waals surface area contributed by atoms with E-state index >= 15 is 0 Å². The lowest BCUT2D eigenvalue weighted by atomic mass is 9.95. The molecule has 0 spiro atoms. The van der Waals surface area contributed by atoms with E-state index < -0.39 is 17.8 Å². The molecule has 0 aliphatic carbocycles. The molecule has 0 aliphatic heterocycles. The maximum Gasteiger partial charge on any atom is 0.316 e. The van der Waals surface area contributed by atoms with Crippen molar-refractivity contribution in [1.82, 2.24) is 5.32 Å². The minimum Gasteiger partial charge on any atom is -0.481 e. The lowest BCUT2D eigenvalue weighted by molar-refractivity contribution is -0.148. The fourth-order valence-electron chi connectivity index (χ4n) is 1.82. The molecule has 0 bridgehead atoms. The third kappa shape index (κ3) is 4.05. The molecular weight excluding hydrogens is 249 g/mol. The smallest absolute Gasteiger partial charge is 0.316 e. The highest BCUT2D eigenvalue weighted by molar-refractivity contribution is 5.97. The predicted molar refractivity (Wildman–Crippen MR) is 68.9 cm³/mol. The first-order valence-electron chi connectivity index (χ1n) is 6.08. The number of hydrogen-bond donors (Lipinski definition) is 2. The molecule has 0 saturated heterocycles. The topological polar surface area (TPSA) is 66.4 Å². The quantitative estimate of drug-likeness (QED) is 0.803. The monoisotopic (exact) mass is 267 g/mol. The summed E-state index contributed by atoms with van der Waals surface area (Å²) in [4.78, 5) is 22.8. The number of carbonyl (C=O) groups excluding carboxylic acids is 1. The number of carboxylic acids is 1. The van der Waals surface area contributed by atoms with Crippen LogP contribution in [0, 0.1) is 24.6 Å². The molecule has 0 aliphatic rings. The molecule has 5 heteroatoms. The molecule has 4 nitrogen and oxygen atoms in total. The van der Waals surface area contributed by atoms with E-state index in [4.69, 9.17) is 5.11 Å². The van der Waals surface area contributed by atoms with Gasteiger partial charge in [-0.1, -0.05) is 26.0 Å². The third-order valence-electron chi connectivity index (χ3n) is 2.90. The summed E-state index contributed by atoms with van der Waals surface area (Å²) in [7, 11) is 0. The van der Waals surface area contributed by atoms with Crippen LogP contribution in [0.1, 0.15) is 25.0 Å². The Morgan fingerprint density at radius 3 is 2.47 bits per heavy atom. The minimum absolute atomic E-state index is 0.191. The second-order valence-electron chi connectivity index (χ2n) is 4.86. The summed E-state index contributed by atoms with van der Waals surface area (Å²) in [5, 5.41) is 11.5. The Balaban J connectivity index is 2.67. The zero-order chi connectivity index (χ0) is 14.6. The number of halogens is 1. The maximum atomic E-state index is 13.1. The van der Waals surface area contributed by atoms with E-state index in [1.807, 2.05) is 0 Å². The molecule has 0 heterocycles. The molecule has 104 valence electrons. The normalized spacial score (nSPS) is 12.3. The summed E-state index contributed by atoms with van der Waals surface area (Å²) in [6.07, 6.45) is 0. The standard InChI is InChI=1S/C14H18FNO3/c1-8(2)12(14(18)19)13(17)16-7-10-4-5-11(15)9(3)6-10/h4-6,8,12H,7H2,1-3H3,(H,16,17)(H,18,19). The molecule has 2 N–H and O–H groups in total. The molecule has 1 unspecified atom stereocenters. The average Bonchev–Trinajstić information content (AvgIpc) is 2.29. The van der Waals surface area contributed by atoms with Crippen molar-refractivity contribution in [1.29, 1.82) is 0 Å². The highest BCUT2D eigenvalue weighted by Crippen LogP contribution is 2.12. The van der Waals surface area contributed by atoms with Gasteiger partial charge in [0, 0.05) is 6.54 Å². The lowest BCUT2D eigenvalue weighted by Gasteiger charge is -2.16. The first kappa shape index (κ1) is 15.1. The van der Waals surface area contributed by atoms with Crippen molar-refractivity contribution in [3.63, 3.8) is 0 Å². The molecule has 0 saturated carbocycles. The predicted octanol–water partition coefficient (Wildman–Crippen LogP) is 2.11. The van der Waals surface area contributed by atoms with Gasteiger partial charge < -0.3 is 10.4 Å². The Bertz CT molecular complexity index is 486. The van der Waals surface area contributed by atoms with Gasteiger partial charge in [0.25, 0.3) is 0 Å².